The first-order valence-electron chi connectivity index (χ1n) is 11.3. The smallest absolute Gasteiger partial charge is 0.410 e. The van der Waals surface area contributed by atoms with Crippen molar-refractivity contribution in [2.75, 3.05) is 26.2 Å². The number of ether oxygens (including phenoxy) is 1. The third kappa shape index (κ3) is 6.34. The van der Waals surface area contributed by atoms with Gasteiger partial charge in [-0.2, -0.15) is 0 Å². The van der Waals surface area contributed by atoms with Gasteiger partial charge in [0.05, 0.1) is 6.04 Å². The summed E-state index contributed by atoms with van der Waals surface area (Å²) in [5.41, 5.74) is -0.464. The summed E-state index contributed by atoms with van der Waals surface area (Å²) in [5, 5.41) is 15.5. The Labute approximate surface area is 179 Å². The Hall–Kier alpha value is -2.32. The van der Waals surface area contributed by atoms with E-state index in [1.165, 1.54) is 19.3 Å². The third-order valence-corrected chi connectivity index (χ3v) is 5.23. The topological polar surface area (TPSA) is 96.7 Å². The highest BCUT2D eigenvalue weighted by Gasteiger charge is 2.34. The molecular weight excluding hydrogens is 382 g/mol. The predicted molar refractivity (Wildman–Crippen MR) is 117 cm³/mol. The van der Waals surface area contributed by atoms with Crippen LogP contribution < -0.4 is 10.6 Å². The van der Waals surface area contributed by atoms with Crippen LogP contribution in [0.25, 0.3) is 0 Å². The highest BCUT2D eigenvalue weighted by molar-refractivity contribution is 5.80. The van der Waals surface area contributed by atoms with Crippen LogP contribution in [0.15, 0.2) is 4.99 Å². The number of likely N-dealkylation sites (tertiary alicyclic amines) is 1. The highest BCUT2D eigenvalue weighted by Crippen LogP contribution is 2.16. The number of guanidine groups is 1. The molecule has 1 amide bonds. The van der Waals surface area contributed by atoms with Gasteiger partial charge in [0.25, 0.3) is 0 Å². The molecule has 1 fully saturated rings. The number of aromatic nitrogens is 3. The standard InChI is InChI=1S/C21H37N7O2/c1-5-22-19(24-16-14-27(15-16)20(29)30-21(2,3)4)23-12-9-11-18-26-25-17-10-7-6-8-13-28(17)18/h16H,5-15H2,1-4H3,(H2,22,23,24). The third-order valence-electron chi connectivity index (χ3n) is 5.23. The molecule has 0 radical (unpaired) electrons. The van der Waals surface area contributed by atoms with Crippen LogP contribution in [-0.2, 0) is 24.1 Å². The Morgan fingerprint density at radius 1 is 1.23 bits per heavy atom. The number of hydrogen-bond acceptors (Lipinski definition) is 5. The van der Waals surface area contributed by atoms with E-state index < -0.39 is 5.60 Å². The van der Waals surface area contributed by atoms with Crippen molar-refractivity contribution in [2.24, 2.45) is 4.99 Å². The second-order valence-electron chi connectivity index (χ2n) is 9.09. The molecule has 0 bridgehead atoms. The molecule has 168 valence electrons. The zero-order valence-corrected chi connectivity index (χ0v) is 18.9. The van der Waals surface area contributed by atoms with E-state index in [9.17, 15) is 4.79 Å². The molecule has 2 aliphatic rings. The van der Waals surface area contributed by atoms with Gasteiger partial charge in [-0.05, 0) is 47.0 Å². The minimum atomic E-state index is -0.464. The summed E-state index contributed by atoms with van der Waals surface area (Å²) in [5.74, 6) is 3.03. The van der Waals surface area contributed by atoms with Gasteiger partial charge < -0.3 is 24.8 Å². The van der Waals surface area contributed by atoms with Gasteiger partial charge in [0, 0.05) is 45.6 Å². The van der Waals surface area contributed by atoms with E-state index in [1.807, 2.05) is 20.8 Å². The molecule has 0 aromatic carbocycles. The largest absolute Gasteiger partial charge is 0.444 e. The SMILES string of the molecule is CCNC(=NCCCc1nnc2n1CCCCC2)NC1CN(C(=O)OC(C)(C)C)C1. The average Bonchev–Trinajstić information content (AvgIpc) is 2.86. The number of carbonyl (C=O) groups excluding carboxylic acids is 1. The molecule has 30 heavy (non-hydrogen) atoms. The van der Waals surface area contributed by atoms with Gasteiger partial charge in [-0.25, -0.2) is 4.79 Å². The maximum Gasteiger partial charge on any atom is 0.410 e. The Bertz CT molecular complexity index is 732. The normalized spacial score (nSPS) is 17.7. The van der Waals surface area contributed by atoms with Crippen molar-refractivity contribution in [3.8, 4) is 0 Å². The summed E-state index contributed by atoms with van der Waals surface area (Å²) >= 11 is 0. The molecule has 1 saturated heterocycles. The van der Waals surface area contributed by atoms with Crippen molar-refractivity contribution in [1.29, 1.82) is 0 Å². The first kappa shape index (κ1) is 22.4. The maximum atomic E-state index is 12.1. The van der Waals surface area contributed by atoms with Gasteiger partial charge in [0.2, 0.25) is 0 Å². The summed E-state index contributed by atoms with van der Waals surface area (Å²) in [7, 11) is 0. The van der Waals surface area contributed by atoms with E-state index in [0.29, 0.717) is 13.1 Å². The number of aryl methyl sites for hydroxylation is 2. The number of nitrogens with zero attached hydrogens (tertiary/aromatic N) is 5. The molecule has 0 aliphatic carbocycles. The molecule has 0 unspecified atom stereocenters. The molecule has 3 heterocycles. The van der Waals surface area contributed by atoms with Crippen LogP contribution in [0.4, 0.5) is 4.79 Å². The van der Waals surface area contributed by atoms with Crippen molar-refractivity contribution in [2.45, 2.75) is 84.4 Å². The maximum absolute atomic E-state index is 12.1. The van der Waals surface area contributed by atoms with Crippen molar-refractivity contribution in [3.05, 3.63) is 11.6 Å². The summed E-state index contributed by atoms with van der Waals surface area (Å²) < 4.78 is 7.71. The van der Waals surface area contributed by atoms with Gasteiger partial charge in [-0.15, -0.1) is 10.2 Å². The number of aliphatic imine (C=N–C) groups is 1. The van der Waals surface area contributed by atoms with Gasteiger partial charge in [0.1, 0.15) is 17.2 Å². The molecule has 3 rings (SSSR count). The van der Waals surface area contributed by atoms with Crippen LogP contribution >= 0.6 is 0 Å². The summed E-state index contributed by atoms with van der Waals surface area (Å²) in [6.07, 6.45) is 6.32. The molecule has 1 aromatic heterocycles. The van der Waals surface area contributed by atoms with Crippen LogP contribution in [0.1, 0.15) is 65.0 Å². The molecule has 9 nitrogen and oxygen atoms in total. The minimum absolute atomic E-state index is 0.197. The highest BCUT2D eigenvalue weighted by atomic mass is 16.6. The fraction of sp³-hybridized carbons (Fsp3) is 0.810. The van der Waals surface area contributed by atoms with E-state index in [4.69, 9.17) is 9.73 Å². The number of fused-ring (bicyclic) bond motifs is 1. The van der Waals surface area contributed by atoms with Crippen LogP contribution in [0.5, 0.6) is 0 Å². The van der Waals surface area contributed by atoms with E-state index in [0.717, 1.165) is 56.5 Å². The molecule has 0 atom stereocenters. The zero-order valence-electron chi connectivity index (χ0n) is 18.9. The summed E-state index contributed by atoms with van der Waals surface area (Å²) in [4.78, 5) is 18.5. The molecule has 0 saturated carbocycles. The first-order valence-corrected chi connectivity index (χ1v) is 11.3. The quantitative estimate of drug-likeness (QED) is 0.416. The van der Waals surface area contributed by atoms with Crippen molar-refractivity contribution in [1.82, 2.24) is 30.3 Å². The fourth-order valence-electron chi connectivity index (χ4n) is 3.72. The average molecular weight is 420 g/mol. The van der Waals surface area contributed by atoms with Crippen molar-refractivity contribution >= 4 is 12.1 Å². The van der Waals surface area contributed by atoms with Gasteiger partial charge in [-0.3, -0.25) is 4.99 Å². The van der Waals surface area contributed by atoms with E-state index in [2.05, 4.69) is 32.3 Å². The number of rotatable bonds is 6. The number of amides is 1. The van der Waals surface area contributed by atoms with Crippen LogP contribution in [0.2, 0.25) is 0 Å². The molecule has 2 N–H and O–H groups in total. The molecule has 0 spiro atoms. The Kier molecular flexibility index (Phi) is 7.55. The summed E-state index contributed by atoms with van der Waals surface area (Å²) in [6, 6.07) is 0.197. The lowest BCUT2D eigenvalue weighted by Crippen LogP contribution is -2.63. The number of carbonyl (C=O) groups is 1. The Balaban J connectivity index is 1.42. The van der Waals surface area contributed by atoms with Crippen LogP contribution in [0.3, 0.4) is 0 Å². The lowest BCUT2D eigenvalue weighted by molar-refractivity contribution is 0.00701. The number of nitrogens with one attached hydrogen (secondary N) is 2. The van der Waals surface area contributed by atoms with Crippen LogP contribution in [0, 0.1) is 0 Å². The van der Waals surface area contributed by atoms with Crippen LogP contribution in [-0.4, -0.2) is 69.5 Å². The monoisotopic (exact) mass is 419 g/mol. The van der Waals surface area contributed by atoms with Crippen molar-refractivity contribution in [3.63, 3.8) is 0 Å². The zero-order chi connectivity index (χ0) is 21.6. The van der Waals surface area contributed by atoms with E-state index >= 15 is 0 Å². The predicted octanol–water partition coefficient (Wildman–Crippen LogP) is 2.11. The lowest BCUT2D eigenvalue weighted by atomic mass is 10.1. The summed E-state index contributed by atoms with van der Waals surface area (Å²) in [6.45, 7) is 11.5. The van der Waals surface area contributed by atoms with E-state index in [1.54, 1.807) is 4.90 Å². The van der Waals surface area contributed by atoms with Gasteiger partial charge in [0.15, 0.2) is 5.96 Å². The van der Waals surface area contributed by atoms with E-state index in [-0.39, 0.29) is 12.1 Å². The molecule has 2 aliphatic heterocycles. The number of hydrogen-bond donors (Lipinski definition) is 2. The minimum Gasteiger partial charge on any atom is -0.444 e. The Morgan fingerprint density at radius 3 is 2.77 bits per heavy atom. The first-order chi connectivity index (χ1) is 14.4. The second kappa shape index (κ2) is 10.1. The molecule has 9 heteroatoms. The molecule has 1 aromatic rings. The molecular formula is C21H37N7O2. The lowest BCUT2D eigenvalue weighted by Gasteiger charge is -2.40. The fourth-order valence-corrected chi connectivity index (χ4v) is 3.72. The second-order valence-corrected chi connectivity index (χ2v) is 9.09. The van der Waals surface area contributed by atoms with Gasteiger partial charge >= 0.3 is 6.09 Å². The Morgan fingerprint density at radius 2 is 2.03 bits per heavy atom. The van der Waals surface area contributed by atoms with Crippen molar-refractivity contribution < 1.29 is 9.53 Å². The van der Waals surface area contributed by atoms with Gasteiger partial charge in [-0.1, -0.05) is 6.42 Å².